The summed E-state index contributed by atoms with van der Waals surface area (Å²) in [7, 11) is 0. The highest BCUT2D eigenvalue weighted by atomic mass is 16.5. The molecule has 1 aliphatic rings. The van der Waals surface area contributed by atoms with Gasteiger partial charge in [0.2, 0.25) is 0 Å². The van der Waals surface area contributed by atoms with E-state index in [1.807, 2.05) is 4.90 Å². The Morgan fingerprint density at radius 1 is 1.24 bits per heavy atom. The number of hydrogen-bond donors (Lipinski definition) is 2. The molecule has 1 unspecified atom stereocenters. The molecule has 1 fully saturated rings. The predicted octanol–water partition coefficient (Wildman–Crippen LogP) is 3.88. The number of hydrogen-bond acceptors (Lipinski definition) is 3. The number of rotatable bonds is 9. The van der Waals surface area contributed by atoms with Crippen LogP contribution < -0.4 is 10.1 Å². The molecule has 0 aliphatic carbocycles. The van der Waals surface area contributed by atoms with Gasteiger partial charge in [0.15, 0.2) is 0 Å². The van der Waals surface area contributed by atoms with E-state index in [2.05, 4.69) is 43.4 Å². The first-order valence-electron chi connectivity index (χ1n) is 10.0. The minimum absolute atomic E-state index is 0.0353. The van der Waals surface area contributed by atoms with Gasteiger partial charge in [0.1, 0.15) is 5.75 Å². The average Bonchev–Trinajstić information content (AvgIpc) is 3.00. The summed E-state index contributed by atoms with van der Waals surface area (Å²) in [5.41, 5.74) is 2.21. The maximum atomic E-state index is 12.5. The van der Waals surface area contributed by atoms with E-state index in [0.717, 1.165) is 12.8 Å². The number of benzene rings is 2. The third kappa shape index (κ3) is 4.88. The fourth-order valence-electron chi connectivity index (χ4n) is 3.84. The SMILES string of the molecule is CCCN1C(=O)NCC1(CCOc1cccc(C(=O)O)c1)Cc1ccc(C)cc1. The molecular formula is C23H28N2O4. The van der Waals surface area contributed by atoms with Crippen LogP contribution in [0.4, 0.5) is 4.79 Å². The van der Waals surface area contributed by atoms with E-state index in [-0.39, 0.29) is 17.1 Å². The number of aromatic carboxylic acids is 1. The first-order valence-corrected chi connectivity index (χ1v) is 10.0. The van der Waals surface area contributed by atoms with Gasteiger partial charge in [-0.05, 0) is 43.5 Å². The summed E-state index contributed by atoms with van der Waals surface area (Å²) in [6.07, 6.45) is 2.27. The summed E-state index contributed by atoms with van der Waals surface area (Å²) in [6, 6.07) is 14.9. The third-order valence-corrected chi connectivity index (χ3v) is 5.40. The van der Waals surface area contributed by atoms with Crippen LogP contribution in [0.25, 0.3) is 0 Å². The van der Waals surface area contributed by atoms with Crippen LogP contribution >= 0.6 is 0 Å². The number of aryl methyl sites for hydroxylation is 1. The van der Waals surface area contributed by atoms with Crippen molar-refractivity contribution < 1.29 is 19.4 Å². The fraction of sp³-hybridized carbons (Fsp3) is 0.391. The van der Waals surface area contributed by atoms with Gasteiger partial charge in [-0.1, -0.05) is 42.8 Å². The van der Waals surface area contributed by atoms with Gasteiger partial charge in [0.25, 0.3) is 0 Å². The number of carboxylic acids is 1. The zero-order chi connectivity index (χ0) is 20.9. The first-order chi connectivity index (χ1) is 13.9. The highest BCUT2D eigenvalue weighted by molar-refractivity contribution is 5.88. The molecule has 2 aromatic rings. The van der Waals surface area contributed by atoms with Crippen LogP contribution in [-0.4, -0.2) is 47.2 Å². The molecule has 1 heterocycles. The Bertz CT molecular complexity index is 865. The van der Waals surface area contributed by atoms with E-state index in [1.165, 1.54) is 23.3 Å². The molecule has 0 bridgehead atoms. The van der Waals surface area contributed by atoms with E-state index in [4.69, 9.17) is 9.84 Å². The summed E-state index contributed by atoms with van der Waals surface area (Å²) < 4.78 is 5.87. The third-order valence-electron chi connectivity index (χ3n) is 5.40. The lowest BCUT2D eigenvalue weighted by Gasteiger charge is -2.37. The molecular weight excluding hydrogens is 368 g/mol. The van der Waals surface area contributed by atoms with Crippen LogP contribution in [0, 0.1) is 6.92 Å². The van der Waals surface area contributed by atoms with E-state index in [1.54, 1.807) is 12.1 Å². The van der Waals surface area contributed by atoms with E-state index in [9.17, 15) is 9.59 Å². The van der Waals surface area contributed by atoms with Gasteiger partial charge in [0, 0.05) is 19.5 Å². The molecule has 29 heavy (non-hydrogen) atoms. The second-order valence-corrected chi connectivity index (χ2v) is 7.63. The maximum Gasteiger partial charge on any atom is 0.335 e. The average molecular weight is 396 g/mol. The highest BCUT2D eigenvalue weighted by Gasteiger charge is 2.44. The Kier molecular flexibility index (Phi) is 6.42. The molecule has 6 heteroatoms. The minimum atomic E-state index is -0.981. The minimum Gasteiger partial charge on any atom is -0.493 e. The normalized spacial score (nSPS) is 18.6. The van der Waals surface area contributed by atoms with E-state index < -0.39 is 5.97 Å². The number of carbonyl (C=O) groups is 2. The predicted molar refractivity (Wildman–Crippen MR) is 112 cm³/mol. The molecule has 0 radical (unpaired) electrons. The lowest BCUT2D eigenvalue weighted by Crippen LogP contribution is -2.50. The zero-order valence-corrected chi connectivity index (χ0v) is 17.0. The summed E-state index contributed by atoms with van der Waals surface area (Å²) in [5, 5.41) is 12.2. The molecule has 2 N–H and O–H groups in total. The van der Waals surface area contributed by atoms with Crippen LogP contribution in [0.5, 0.6) is 5.75 Å². The quantitative estimate of drug-likeness (QED) is 0.674. The Balaban J connectivity index is 1.76. The van der Waals surface area contributed by atoms with Crippen molar-refractivity contribution in [2.24, 2.45) is 0 Å². The Morgan fingerprint density at radius 2 is 2.00 bits per heavy atom. The highest BCUT2D eigenvalue weighted by Crippen LogP contribution is 2.30. The van der Waals surface area contributed by atoms with Crippen molar-refractivity contribution in [2.45, 2.75) is 38.6 Å². The van der Waals surface area contributed by atoms with Gasteiger partial charge in [-0.25, -0.2) is 9.59 Å². The summed E-state index contributed by atoms with van der Waals surface area (Å²) in [5.74, 6) is -0.458. The van der Waals surface area contributed by atoms with Gasteiger partial charge in [0.05, 0.1) is 17.7 Å². The van der Waals surface area contributed by atoms with Gasteiger partial charge in [-0.2, -0.15) is 0 Å². The van der Waals surface area contributed by atoms with Gasteiger partial charge < -0.3 is 20.1 Å². The Labute approximate surface area is 171 Å². The second-order valence-electron chi connectivity index (χ2n) is 7.63. The van der Waals surface area contributed by atoms with Crippen molar-refractivity contribution in [3.05, 3.63) is 65.2 Å². The number of carboxylic acid groups (broad SMARTS) is 1. The standard InChI is InChI=1S/C23H28N2O4/c1-3-12-25-22(28)24-16-23(25,15-18-9-7-17(2)8-10-18)11-13-29-20-6-4-5-19(14-20)21(26)27/h4-10,14H,3,11-13,15-16H2,1-2H3,(H,24,28)(H,26,27). The van der Waals surface area contributed by atoms with Crippen molar-refractivity contribution in [3.8, 4) is 5.75 Å². The molecule has 0 spiro atoms. The first kappa shape index (κ1) is 20.7. The van der Waals surface area contributed by atoms with Crippen LogP contribution in [0.2, 0.25) is 0 Å². The molecule has 1 atom stereocenters. The molecule has 0 aromatic heterocycles. The van der Waals surface area contributed by atoms with Crippen LogP contribution in [-0.2, 0) is 6.42 Å². The molecule has 3 rings (SSSR count). The number of ether oxygens (including phenoxy) is 1. The molecule has 0 saturated carbocycles. The molecule has 154 valence electrons. The second kappa shape index (κ2) is 8.99. The fourth-order valence-corrected chi connectivity index (χ4v) is 3.84. The smallest absolute Gasteiger partial charge is 0.335 e. The van der Waals surface area contributed by atoms with Crippen molar-refractivity contribution in [2.75, 3.05) is 19.7 Å². The molecule has 1 aliphatic heterocycles. The van der Waals surface area contributed by atoms with Crippen molar-refractivity contribution in [1.82, 2.24) is 10.2 Å². The van der Waals surface area contributed by atoms with Crippen LogP contribution in [0.1, 0.15) is 41.3 Å². The molecule has 1 saturated heterocycles. The number of urea groups is 1. The largest absolute Gasteiger partial charge is 0.493 e. The maximum absolute atomic E-state index is 12.5. The number of amides is 2. The molecule has 2 aromatic carbocycles. The Hall–Kier alpha value is -3.02. The van der Waals surface area contributed by atoms with Crippen molar-refractivity contribution in [1.29, 1.82) is 0 Å². The number of nitrogens with zero attached hydrogens (tertiary/aromatic N) is 1. The van der Waals surface area contributed by atoms with E-state index in [0.29, 0.717) is 31.9 Å². The lowest BCUT2D eigenvalue weighted by molar-refractivity contribution is 0.0696. The molecule has 6 nitrogen and oxygen atoms in total. The Morgan fingerprint density at radius 3 is 2.69 bits per heavy atom. The summed E-state index contributed by atoms with van der Waals surface area (Å²) in [4.78, 5) is 25.6. The lowest BCUT2D eigenvalue weighted by atomic mass is 9.86. The van der Waals surface area contributed by atoms with Crippen LogP contribution in [0.15, 0.2) is 48.5 Å². The van der Waals surface area contributed by atoms with Gasteiger partial charge in [-0.3, -0.25) is 0 Å². The number of carbonyl (C=O) groups excluding carboxylic acids is 1. The van der Waals surface area contributed by atoms with E-state index >= 15 is 0 Å². The molecule has 2 amide bonds. The van der Waals surface area contributed by atoms with Crippen molar-refractivity contribution in [3.63, 3.8) is 0 Å². The van der Waals surface area contributed by atoms with Gasteiger partial charge in [-0.15, -0.1) is 0 Å². The summed E-state index contributed by atoms with van der Waals surface area (Å²) >= 11 is 0. The van der Waals surface area contributed by atoms with Crippen LogP contribution in [0.3, 0.4) is 0 Å². The summed E-state index contributed by atoms with van der Waals surface area (Å²) in [6.45, 7) is 5.77. The zero-order valence-electron chi connectivity index (χ0n) is 17.0. The number of nitrogens with one attached hydrogen (secondary N) is 1. The van der Waals surface area contributed by atoms with Crippen molar-refractivity contribution >= 4 is 12.0 Å². The topological polar surface area (TPSA) is 78.9 Å². The monoisotopic (exact) mass is 396 g/mol. The van der Waals surface area contributed by atoms with Gasteiger partial charge >= 0.3 is 12.0 Å².